The third-order valence-corrected chi connectivity index (χ3v) is 4.70. The molecule has 0 aliphatic carbocycles. The van der Waals surface area contributed by atoms with E-state index >= 15 is 0 Å². The number of anilines is 1. The summed E-state index contributed by atoms with van der Waals surface area (Å²) in [6.07, 6.45) is 1.77. The number of aromatic nitrogens is 1. The molecule has 1 N–H and O–H groups in total. The second kappa shape index (κ2) is 5.97. The van der Waals surface area contributed by atoms with E-state index in [-0.39, 0.29) is 0 Å². The first-order valence-corrected chi connectivity index (χ1v) is 7.69. The molecule has 2 rings (SSSR count). The van der Waals surface area contributed by atoms with Gasteiger partial charge in [-0.25, -0.2) is 0 Å². The Bertz CT molecular complexity index is 380. The molecule has 5 heteroatoms. The second-order valence-electron chi connectivity index (χ2n) is 5.17. The van der Waals surface area contributed by atoms with Crippen molar-refractivity contribution in [3.05, 3.63) is 12.0 Å². The number of nitrogens with zero attached hydrogens (tertiary/aromatic N) is 2. The molecular weight excluding hydrogens is 246 g/mol. The molecule has 18 heavy (non-hydrogen) atoms. The molecule has 1 aliphatic rings. The van der Waals surface area contributed by atoms with Gasteiger partial charge in [-0.05, 0) is 6.92 Å². The van der Waals surface area contributed by atoms with Crippen molar-refractivity contribution in [2.24, 2.45) is 0 Å². The lowest BCUT2D eigenvalue weighted by atomic mass is 10.2. The summed E-state index contributed by atoms with van der Waals surface area (Å²) in [5, 5.41) is 3.98. The third kappa shape index (κ3) is 3.20. The van der Waals surface area contributed by atoms with Crippen LogP contribution in [0.1, 0.15) is 33.4 Å². The highest BCUT2D eigenvalue weighted by Crippen LogP contribution is 2.28. The van der Waals surface area contributed by atoms with Gasteiger partial charge in [0.05, 0.1) is 5.69 Å². The van der Waals surface area contributed by atoms with Gasteiger partial charge < -0.3 is 14.6 Å². The SMILES string of the molecule is CC(C)NCc1coc(N2CCSC(C)C2C)n1. The van der Waals surface area contributed by atoms with E-state index in [0.717, 1.165) is 30.6 Å². The molecule has 0 amide bonds. The lowest BCUT2D eigenvalue weighted by molar-refractivity contribution is 0.499. The Labute approximate surface area is 114 Å². The number of nitrogens with one attached hydrogen (secondary N) is 1. The van der Waals surface area contributed by atoms with Crippen LogP contribution in [0.5, 0.6) is 0 Å². The first-order valence-electron chi connectivity index (χ1n) is 6.64. The van der Waals surface area contributed by atoms with Crippen LogP contribution in [-0.4, -0.2) is 34.6 Å². The van der Waals surface area contributed by atoms with Crippen molar-refractivity contribution >= 4 is 17.8 Å². The third-order valence-electron chi connectivity index (χ3n) is 3.36. The maximum absolute atomic E-state index is 5.62. The molecule has 102 valence electrons. The van der Waals surface area contributed by atoms with E-state index in [1.165, 1.54) is 0 Å². The van der Waals surface area contributed by atoms with Crippen LogP contribution in [0.15, 0.2) is 10.7 Å². The van der Waals surface area contributed by atoms with Gasteiger partial charge in [-0.1, -0.05) is 20.8 Å². The number of rotatable bonds is 4. The molecular formula is C13H23N3OS. The van der Waals surface area contributed by atoms with E-state index in [1.54, 1.807) is 6.26 Å². The van der Waals surface area contributed by atoms with Gasteiger partial charge >= 0.3 is 0 Å². The molecule has 4 nitrogen and oxygen atoms in total. The van der Waals surface area contributed by atoms with E-state index in [0.29, 0.717) is 17.3 Å². The van der Waals surface area contributed by atoms with Crippen LogP contribution < -0.4 is 10.2 Å². The van der Waals surface area contributed by atoms with Crippen LogP contribution >= 0.6 is 11.8 Å². The molecule has 1 fully saturated rings. The van der Waals surface area contributed by atoms with Crippen LogP contribution in [0.3, 0.4) is 0 Å². The molecule has 1 aromatic heterocycles. The van der Waals surface area contributed by atoms with Crippen LogP contribution in [0.4, 0.5) is 6.01 Å². The first kappa shape index (κ1) is 13.7. The molecule has 0 saturated carbocycles. The first-order chi connectivity index (χ1) is 8.58. The Hall–Kier alpha value is -0.680. The molecule has 0 aromatic carbocycles. The lowest BCUT2D eigenvalue weighted by Crippen LogP contribution is -2.44. The van der Waals surface area contributed by atoms with Crippen LogP contribution in [0, 0.1) is 0 Å². The molecule has 0 spiro atoms. The van der Waals surface area contributed by atoms with Crippen molar-refractivity contribution in [1.82, 2.24) is 10.3 Å². The molecule has 2 atom stereocenters. The minimum Gasteiger partial charge on any atom is -0.432 e. The minimum atomic E-state index is 0.468. The molecule has 1 saturated heterocycles. The van der Waals surface area contributed by atoms with Crippen molar-refractivity contribution in [3.63, 3.8) is 0 Å². The Balaban J connectivity index is 2.00. The Morgan fingerprint density at radius 3 is 3.06 bits per heavy atom. The molecule has 2 heterocycles. The summed E-state index contributed by atoms with van der Waals surface area (Å²) in [6, 6.07) is 1.72. The van der Waals surface area contributed by atoms with E-state index in [4.69, 9.17) is 4.42 Å². The van der Waals surface area contributed by atoms with Crippen molar-refractivity contribution < 1.29 is 4.42 Å². The Morgan fingerprint density at radius 2 is 2.33 bits per heavy atom. The van der Waals surface area contributed by atoms with Crippen LogP contribution in [0.2, 0.25) is 0 Å². The minimum absolute atomic E-state index is 0.468. The van der Waals surface area contributed by atoms with E-state index in [2.05, 4.69) is 42.9 Å². The topological polar surface area (TPSA) is 41.3 Å². The van der Waals surface area contributed by atoms with Gasteiger partial charge in [0.2, 0.25) is 0 Å². The standard InChI is InChI=1S/C13H23N3OS/c1-9(2)14-7-12-8-17-13(15-12)16-5-6-18-11(4)10(16)3/h8-11,14H,5-7H2,1-4H3. The average molecular weight is 269 g/mol. The zero-order valence-corrected chi connectivity index (χ0v) is 12.5. The fourth-order valence-electron chi connectivity index (χ4n) is 2.02. The Morgan fingerprint density at radius 1 is 1.56 bits per heavy atom. The largest absolute Gasteiger partial charge is 0.432 e. The molecule has 1 aromatic rings. The zero-order valence-electron chi connectivity index (χ0n) is 11.6. The predicted octanol–water partition coefficient (Wildman–Crippen LogP) is 2.50. The number of hydrogen-bond acceptors (Lipinski definition) is 5. The fourth-order valence-corrected chi connectivity index (χ4v) is 3.12. The quantitative estimate of drug-likeness (QED) is 0.909. The summed E-state index contributed by atoms with van der Waals surface area (Å²) in [6.45, 7) is 10.6. The summed E-state index contributed by atoms with van der Waals surface area (Å²) in [5.41, 5.74) is 0.983. The Kier molecular flexibility index (Phi) is 4.56. The van der Waals surface area contributed by atoms with Crippen molar-refractivity contribution in [2.45, 2.75) is 51.6 Å². The monoisotopic (exact) mass is 269 g/mol. The van der Waals surface area contributed by atoms with Gasteiger partial charge in [0.15, 0.2) is 0 Å². The van der Waals surface area contributed by atoms with E-state index < -0.39 is 0 Å². The van der Waals surface area contributed by atoms with E-state index in [1.807, 2.05) is 11.8 Å². The number of oxazole rings is 1. The summed E-state index contributed by atoms with van der Waals surface area (Å²) in [5.74, 6) is 1.15. The van der Waals surface area contributed by atoms with Gasteiger partial charge in [-0.15, -0.1) is 0 Å². The number of thioether (sulfide) groups is 1. The van der Waals surface area contributed by atoms with Crippen LogP contribution in [0.25, 0.3) is 0 Å². The predicted molar refractivity (Wildman–Crippen MR) is 77.2 cm³/mol. The van der Waals surface area contributed by atoms with Crippen LogP contribution in [-0.2, 0) is 6.54 Å². The van der Waals surface area contributed by atoms with Gasteiger partial charge in [0.1, 0.15) is 6.26 Å². The maximum atomic E-state index is 5.62. The molecule has 0 bridgehead atoms. The van der Waals surface area contributed by atoms with Crippen molar-refractivity contribution in [3.8, 4) is 0 Å². The fraction of sp³-hybridized carbons (Fsp3) is 0.769. The van der Waals surface area contributed by atoms with E-state index in [9.17, 15) is 0 Å². The summed E-state index contributed by atoms with van der Waals surface area (Å²) in [4.78, 5) is 6.86. The highest BCUT2D eigenvalue weighted by molar-refractivity contribution is 8.00. The molecule has 2 unspecified atom stereocenters. The van der Waals surface area contributed by atoms with Crippen molar-refractivity contribution in [1.29, 1.82) is 0 Å². The maximum Gasteiger partial charge on any atom is 0.297 e. The van der Waals surface area contributed by atoms with Gasteiger partial charge in [-0.2, -0.15) is 16.7 Å². The van der Waals surface area contributed by atoms with Gasteiger partial charge in [0, 0.05) is 36.2 Å². The molecule has 0 radical (unpaired) electrons. The molecule has 1 aliphatic heterocycles. The summed E-state index contributed by atoms with van der Waals surface area (Å²) >= 11 is 2.02. The van der Waals surface area contributed by atoms with Gasteiger partial charge in [-0.3, -0.25) is 0 Å². The van der Waals surface area contributed by atoms with Gasteiger partial charge in [0.25, 0.3) is 6.01 Å². The second-order valence-corrected chi connectivity index (χ2v) is 6.65. The highest BCUT2D eigenvalue weighted by atomic mass is 32.2. The summed E-state index contributed by atoms with van der Waals surface area (Å²) in [7, 11) is 0. The number of hydrogen-bond donors (Lipinski definition) is 1. The normalized spacial score (nSPS) is 24.8. The lowest BCUT2D eigenvalue weighted by Gasteiger charge is -2.36. The smallest absolute Gasteiger partial charge is 0.297 e. The summed E-state index contributed by atoms with van der Waals surface area (Å²) < 4.78 is 5.62. The van der Waals surface area contributed by atoms with Crippen molar-refractivity contribution in [2.75, 3.05) is 17.2 Å². The zero-order chi connectivity index (χ0) is 13.1. The average Bonchev–Trinajstić information content (AvgIpc) is 2.78. The highest BCUT2D eigenvalue weighted by Gasteiger charge is 2.28.